The van der Waals surface area contributed by atoms with Crippen molar-refractivity contribution in [3.63, 3.8) is 0 Å². The summed E-state index contributed by atoms with van der Waals surface area (Å²) >= 11 is 0. The third-order valence-electron chi connectivity index (χ3n) is 3.45. The SMILES string of the molecule is O=C(Nc1cccc(OC(F)(F)F)c1)c1cccc(NC(=O)c2ccco2)c1. The fraction of sp³-hybridized carbons (Fsp3) is 0.0526. The number of benzene rings is 2. The minimum atomic E-state index is -4.83. The van der Waals surface area contributed by atoms with E-state index in [-0.39, 0.29) is 17.0 Å². The second-order valence-corrected chi connectivity index (χ2v) is 5.54. The van der Waals surface area contributed by atoms with Gasteiger partial charge in [-0.1, -0.05) is 12.1 Å². The van der Waals surface area contributed by atoms with E-state index < -0.39 is 23.9 Å². The largest absolute Gasteiger partial charge is 0.573 e. The van der Waals surface area contributed by atoms with Gasteiger partial charge in [-0.05, 0) is 42.5 Å². The van der Waals surface area contributed by atoms with Gasteiger partial charge in [0, 0.05) is 23.0 Å². The summed E-state index contributed by atoms with van der Waals surface area (Å²) in [5, 5.41) is 5.06. The summed E-state index contributed by atoms with van der Waals surface area (Å²) in [5.41, 5.74) is 0.666. The van der Waals surface area contributed by atoms with Gasteiger partial charge in [-0.2, -0.15) is 0 Å². The Hall–Kier alpha value is -3.75. The molecular formula is C19H13F3N2O4. The maximum Gasteiger partial charge on any atom is 0.573 e. The molecule has 3 aromatic rings. The molecule has 0 saturated heterocycles. The van der Waals surface area contributed by atoms with Gasteiger partial charge in [-0.3, -0.25) is 9.59 Å². The zero-order valence-corrected chi connectivity index (χ0v) is 14.1. The van der Waals surface area contributed by atoms with Gasteiger partial charge in [-0.25, -0.2) is 0 Å². The van der Waals surface area contributed by atoms with Crippen molar-refractivity contribution < 1.29 is 31.9 Å². The minimum absolute atomic E-state index is 0.108. The Balaban J connectivity index is 1.69. The molecule has 0 unspecified atom stereocenters. The summed E-state index contributed by atoms with van der Waals surface area (Å²) in [4.78, 5) is 24.4. The van der Waals surface area contributed by atoms with Crippen molar-refractivity contribution in [1.29, 1.82) is 0 Å². The van der Waals surface area contributed by atoms with Crippen molar-refractivity contribution >= 4 is 23.2 Å². The maximum atomic E-state index is 12.4. The Bertz CT molecular complexity index is 985. The number of nitrogens with one attached hydrogen (secondary N) is 2. The van der Waals surface area contributed by atoms with Crippen molar-refractivity contribution in [2.24, 2.45) is 0 Å². The van der Waals surface area contributed by atoms with Crippen molar-refractivity contribution in [2.75, 3.05) is 10.6 Å². The fourth-order valence-electron chi connectivity index (χ4n) is 2.31. The molecule has 0 aliphatic rings. The molecule has 0 saturated carbocycles. The first-order chi connectivity index (χ1) is 13.3. The molecule has 0 atom stereocenters. The highest BCUT2D eigenvalue weighted by Gasteiger charge is 2.31. The highest BCUT2D eigenvalue weighted by atomic mass is 19.4. The normalized spacial score (nSPS) is 11.0. The molecule has 28 heavy (non-hydrogen) atoms. The number of carbonyl (C=O) groups is 2. The lowest BCUT2D eigenvalue weighted by Crippen LogP contribution is -2.17. The zero-order chi connectivity index (χ0) is 20.1. The Morgan fingerprint density at radius 2 is 1.54 bits per heavy atom. The van der Waals surface area contributed by atoms with Crippen molar-refractivity contribution in [1.82, 2.24) is 0 Å². The van der Waals surface area contributed by atoms with Crippen LogP contribution in [0.2, 0.25) is 0 Å². The van der Waals surface area contributed by atoms with Gasteiger partial charge in [0.1, 0.15) is 5.75 Å². The van der Waals surface area contributed by atoms with Crippen molar-refractivity contribution in [3.8, 4) is 5.75 Å². The Morgan fingerprint density at radius 1 is 0.857 bits per heavy atom. The van der Waals surface area contributed by atoms with Crippen LogP contribution >= 0.6 is 0 Å². The van der Waals surface area contributed by atoms with E-state index in [1.807, 2.05) is 0 Å². The van der Waals surface area contributed by atoms with Crippen LogP contribution < -0.4 is 15.4 Å². The van der Waals surface area contributed by atoms with Crippen LogP contribution in [0, 0.1) is 0 Å². The zero-order valence-electron chi connectivity index (χ0n) is 14.1. The van der Waals surface area contributed by atoms with Crippen molar-refractivity contribution in [3.05, 3.63) is 78.3 Å². The lowest BCUT2D eigenvalue weighted by atomic mass is 10.1. The number of furan rings is 1. The maximum absolute atomic E-state index is 12.4. The number of alkyl halides is 3. The van der Waals surface area contributed by atoms with Gasteiger partial charge < -0.3 is 19.8 Å². The first-order valence-corrected chi connectivity index (χ1v) is 7.92. The van der Waals surface area contributed by atoms with Gasteiger partial charge in [0.15, 0.2) is 5.76 Å². The molecule has 2 amide bonds. The molecular weight excluding hydrogens is 377 g/mol. The van der Waals surface area contributed by atoms with E-state index in [9.17, 15) is 22.8 Å². The van der Waals surface area contributed by atoms with Crippen LogP contribution in [0.25, 0.3) is 0 Å². The molecule has 6 nitrogen and oxygen atoms in total. The number of amides is 2. The molecule has 0 aliphatic carbocycles. The molecule has 1 aromatic heterocycles. The summed E-state index contributed by atoms with van der Waals surface area (Å²) in [6.45, 7) is 0. The molecule has 0 fully saturated rings. The number of carbonyl (C=O) groups excluding carboxylic acids is 2. The van der Waals surface area contributed by atoms with Crippen LogP contribution in [0.4, 0.5) is 24.5 Å². The predicted molar refractivity (Wildman–Crippen MR) is 94.2 cm³/mol. The molecule has 1 heterocycles. The van der Waals surface area contributed by atoms with Crippen LogP contribution in [0.1, 0.15) is 20.9 Å². The second kappa shape index (κ2) is 7.87. The van der Waals surface area contributed by atoms with Gasteiger partial charge in [0.2, 0.25) is 0 Å². The van der Waals surface area contributed by atoms with Gasteiger partial charge in [0.25, 0.3) is 11.8 Å². The molecule has 0 bridgehead atoms. The third kappa shape index (κ3) is 5.13. The number of anilines is 2. The standard InChI is InChI=1S/C19H13F3N2O4/c20-19(21,22)28-15-7-2-6-14(11-15)23-17(25)12-4-1-5-13(10-12)24-18(26)16-8-3-9-27-16/h1-11H,(H,23,25)(H,24,26). The predicted octanol–water partition coefficient (Wildman–Crippen LogP) is 4.68. The number of ether oxygens (including phenoxy) is 1. The highest BCUT2D eigenvalue weighted by molar-refractivity contribution is 6.06. The summed E-state index contributed by atoms with van der Waals surface area (Å²) in [7, 11) is 0. The molecule has 9 heteroatoms. The quantitative estimate of drug-likeness (QED) is 0.663. The highest BCUT2D eigenvalue weighted by Crippen LogP contribution is 2.25. The van der Waals surface area contributed by atoms with E-state index in [1.165, 1.54) is 36.6 Å². The average Bonchev–Trinajstić information content (AvgIpc) is 3.15. The number of rotatable bonds is 5. The topological polar surface area (TPSA) is 80.6 Å². The van der Waals surface area contributed by atoms with E-state index in [4.69, 9.17) is 4.42 Å². The summed E-state index contributed by atoms with van der Waals surface area (Å²) < 4.78 is 45.7. The van der Waals surface area contributed by atoms with E-state index in [0.29, 0.717) is 5.69 Å². The smallest absolute Gasteiger partial charge is 0.459 e. The van der Waals surface area contributed by atoms with Crippen molar-refractivity contribution in [2.45, 2.75) is 6.36 Å². The molecule has 2 aromatic carbocycles. The molecule has 0 spiro atoms. The Kier molecular flexibility index (Phi) is 5.35. The van der Waals surface area contributed by atoms with E-state index >= 15 is 0 Å². The Labute approximate surface area is 156 Å². The van der Waals surface area contributed by atoms with Crippen LogP contribution in [0.3, 0.4) is 0 Å². The monoisotopic (exact) mass is 390 g/mol. The van der Waals surface area contributed by atoms with E-state index in [2.05, 4.69) is 15.4 Å². The minimum Gasteiger partial charge on any atom is -0.459 e. The van der Waals surface area contributed by atoms with Gasteiger partial charge in [-0.15, -0.1) is 13.2 Å². The third-order valence-corrected chi connectivity index (χ3v) is 3.45. The number of hydrogen-bond acceptors (Lipinski definition) is 4. The van der Waals surface area contributed by atoms with E-state index in [1.54, 1.807) is 18.2 Å². The summed E-state index contributed by atoms with van der Waals surface area (Å²) in [5.74, 6) is -1.40. The molecule has 3 rings (SSSR count). The lowest BCUT2D eigenvalue weighted by Gasteiger charge is -2.11. The van der Waals surface area contributed by atoms with Crippen LogP contribution in [0.5, 0.6) is 5.75 Å². The second-order valence-electron chi connectivity index (χ2n) is 5.54. The molecule has 0 aliphatic heterocycles. The summed E-state index contributed by atoms with van der Waals surface area (Å²) in [6.07, 6.45) is -3.47. The molecule has 0 radical (unpaired) electrons. The summed E-state index contributed by atoms with van der Waals surface area (Å²) in [6, 6.07) is 14.0. The number of hydrogen-bond donors (Lipinski definition) is 2. The average molecular weight is 390 g/mol. The van der Waals surface area contributed by atoms with Crippen LogP contribution in [-0.4, -0.2) is 18.2 Å². The number of halogens is 3. The van der Waals surface area contributed by atoms with E-state index in [0.717, 1.165) is 12.1 Å². The first-order valence-electron chi connectivity index (χ1n) is 7.92. The molecule has 2 N–H and O–H groups in total. The van der Waals surface area contributed by atoms with Gasteiger partial charge in [0.05, 0.1) is 6.26 Å². The van der Waals surface area contributed by atoms with Crippen LogP contribution in [-0.2, 0) is 0 Å². The van der Waals surface area contributed by atoms with Gasteiger partial charge >= 0.3 is 6.36 Å². The lowest BCUT2D eigenvalue weighted by molar-refractivity contribution is -0.274. The molecule has 144 valence electrons. The fourth-order valence-corrected chi connectivity index (χ4v) is 2.31. The first kappa shape index (κ1) is 19.0. The van der Waals surface area contributed by atoms with Crippen LogP contribution in [0.15, 0.2) is 71.3 Å². The Morgan fingerprint density at radius 3 is 2.21 bits per heavy atom.